The van der Waals surface area contributed by atoms with E-state index in [1.807, 2.05) is 32.2 Å². The van der Waals surface area contributed by atoms with Crippen LogP contribution in [0.3, 0.4) is 0 Å². The van der Waals surface area contributed by atoms with Gasteiger partial charge in [-0.2, -0.15) is 19.2 Å². The first kappa shape index (κ1) is 22.9. The van der Waals surface area contributed by atoms with E-state index in [9.17, 15) is 9.18 Å². The summed E-state index contributed by atoms with van der Waals surface area (Å²) in [6.45, 7) is 3.95. The van der Waals surface area contributed by atoms with E-state index in [0.29, 0.717) is 5.78 Å². The minimum absolute atomic E-state index is 0.0153. The molecule has 0 radical (unpaired) electrons. The maximum atomic E-state index is 13.2. The van der Waals surface area contributed by atoms with Gasteiger partial charge in [-0.15, -0.1) is 0 Å². The van der Waals surface area contributed by atoms with Crippen molar-refractivity contribution in [1.82, 2.24) is 4.57 Å². The smallest absolute Gasteiger partial charge is 0.334 e. The van der Waals surface area contributed by atoms with E-state index >= 15 is 0 Å². The van der Waals surface area contributed by atoms with Crippen molar-refractivity contribution in [2.45, 2.75) is 45.1 Å². The largest absolute Gasteiger partial charge is 0.373 e. The number of nitrogens with zero attached hydrogens (tertiary/aromatic N) is 1. The lowest BCUT2D eigenvalue weighted by Gasteiger charge is -2.33. The summed E-state index contributed by atoms with van der Waals surface area (Å²) >= 11 is 0. The third kappa shape index (κ3) is 5.19. The highest BCUT2D eigenvalue weighted by molar-refractivity contribution is 5.89. The van der Waals surface area contributed by atoms with Crippen LogP contribution in [-0.4, -0.2) is 22.7 Å². The maximum Gasteiger partial charge on any atom is 0.373 e. The number of hydrogen-bond donors (Lipinski definition) is 0. The number of aromatic nitrogens is 1. The number of halogens is 1. The van der Waals surface area contributed by atoms with Crippen LogP contribution in [-0.2, 0) is 29.5 Å². The van der Waals surface area contributed by atoms with Crippen LogP contribution in [0.1, 0.15) is 39.5 Å². The van der Waals surface area contributed by atoms with E-state index in [0.717, 1.165) is 36.9 Å². The Bertz CT molecular complexity index is 824. The molecule has 0 aliphatic heterocycles. The normalized spacial score (nSPS) is 14.0. The minimum Gasteiger partial charge on any atom is -0.334 e. The third-order valence-electron chi connectivity index (χ3n) is 4.76. The van der Waals surface area contributed by atoms with Gasteiger partial charge >= 0.3 is 12.3 Å². The Kier molecular flexibility index (Phi) is 8.89. The zero-order valence-corrected chi connectivity index (χ0v) is 15.8. The van der Waals surface area contributed by atoms with Crippen LogP contribution < -0.4 is 0 Å². The van der Waals surface area contributed by atoms with Crippen molar-refractivity contribution in [1.29, 1.82) is 0 Å². The number of carbonyl (C=O) groups excluding carboxylic acids is 5. The Balaban J connectivity index is 0.000000582. The first-order chi connectivity index (χ1) is 13.4. The van der Waals surface area contributed by atoms with Crippen molar-refractivity contribution in [2.24, 2.45) is 5.92 Å². The van der Waals surface area contributed by atoms with Crippen molar-refractivity contribution >= 4 is 18.1 Å². The van der Waals surface area contributed by atoms with Gasteiger partial charge in [-0.1, -0.05) is 26.7 Å². The molecule has 1 aliphatic rings. The summed E-state index contributed by atoms with van der Waals surface area (Å²) in [6.07, 6.45) is 6.46. The Morgan fingerprint density at radius 3 is 1.96 bits per heavy atom. The van der Waals surface area contributed by atoms with E-state index in [4.69, 9.17) is 19.2 Å². The molecule has 2 aromatic rings. The van der Waals surface area contributed by atoms with Gasteiger partial charge in [-0.3, -0.25) is 4.79 Å². The van der Waals surface area contributed by atoms with Crippen LogP contribution in [0.4, 0.5) is 4.39 Å². The SMILES string of the molecule is CC(C)C(=O)C1(n2cccc2-c2ccc(F)cc2)CCCC1.O=C=O.O=C=O. The zero-order chi connectivity index (χ0) is 21.2. The molecule has 0 spiro atoms. The number of benzene rings is 1. The van der Waals surface area contributed by atoms with Gasteiger partial charge in [0.05, 0.1) is 0 Å². The molecule has 0 N–H and O–H groups in total. The highest BCUT2D eigenvalue weighted by atomic mass is 19.1. The molecule has 1 heterocycles. The molecular weight excluding hydrogens is 365 g/mol. The lowest BCUT2D eigenvalue weighted by molar-refractivity contribution is -0.193. The second-order valence-electron chi connectivity index (χ2n) is 6.69. The Hall–Kier alpha value is -3.14. The van der Waals surface area contributed by atoms with Crippen molar-refractivity contribution in [2.75, 3.05) is 0 Å². The van der Waals surface area contributed by atoms with Gasteiger partial charge in [-0.05, 0) is 54.8 Å². The average molecular weight is 387 g/mol. The lowest BCUT2D eigenvalue weighted by Crippen LogP contribution is -2.41. The summed E-state index contributed by atoms with van der Waals surface area (Å²) in [5, 5.41) is 0. The molecule has 0 atom stereocenters. The van der Waals surface area contributed by atoms with E-state index < -0.39 is 5.54 Å². The van der Waals surface area contributed by atoms with Crippen LogP contribution in [0.15, 0.2) is 42.6 Å². The molecule has 1 saturated carbocycles. The van der Waals surface area contributed by atoms with Crippen LogP contribution in [0.5, 0.6) is 0 Å². The van der Waals surface area contributed by atoms with Crippen LogP contribution in [0.25, 0.3) is 11.3 Å². The standard InChI is InChI=1S/C19H22FNO.2CO2/c1-14(2)18(22)19(11-3-4-12-19)21-13-5-6-17(21)15-7-9-16(20)10-8-15;2*2-1-3/h5-10,13-14H,3-4,11-12H2,1-2H3;;. The molecule has 1 aliphatic carbocycles. The number of hydrogen-bond acceptors (Lipinski definition) is 5. The second kappa shape index (κ2) is 10.9. The quantitative estimate of drug-likeness (QED) is 0.799. The van der Waals surface area contributed by atoms with Crippen molar-refractivity contribution in [3.8, 4) is 11.3 Å². The third-order valence-corrected chi connectivity index (χ3v) is 4.76. The van der Waals surface area contributed by atoms with Crippen molar-refractivity contribution in [3.63, 3.8) is 0 Å². The predicted octanol–water partition coefficient (Wildman–Crippen LogP) is 3.62. The van der Waals surface area contributed by atoms with Crippen molar-refractivity contribution in [3.05, 3.63) is 48.4 Å². The Morgan fingerprint density at radius 1 is 1.00 bits per heavy atom. The highest BCUT2D eigenvalue weighted by Crippen LogP contribution is 2.42. The molecule has 1 aromatic heterocycles. The molecule has 1 aromatic carbocycles. The molecule has 148 valence electrons. The van der Waals surface area contributed by atoms with Gasteiger partial charge in [0, 0.05) is 17.8 Å². The summed E-state index contributed by atoms with van der Waals surface area (Å²) in [4.78, 5) is 45.4. The molecule has 6 nitrogen and oxygen atoms in total. The second-order valence-corrected chi connectivity index (χ2v) is 6.69. The summed E-state index contributed by atoms with van der Waals surface area (Å²) in [5.74, 6) is 0.0850. The van der Waals surface area contributed by atoms with Gasteiger partial charge in [0.15, 0.2) is 5.78 Å². The monoisotopic (exact) mass is 387 g/mol. The van der Waals surface area contributed by atoms with Gasteiger partial charge in [0.25, 0.3) is 0 Å². The van der Waals surface area contributed by atoms with Crippen LogP contribution in [0, 0.1) is 11.7 Å². The number of carbonyl (C=O) groups is 1. The minimum atomic E-state index is -0.429. The number of Topliss-reactive ketones (excluding diaryl/α,β-unsaturated/α-hetero) is 1. The molecule has 0 saturated heterocycles. The van der Waals surface area contributed by atoms with E-state index in [2.05, 4.69) is 4.57 Å². The maximum absolute atomic E-state index is 13.2. The first-order valence-corrected chi connectivity index (χ1v) is 8.84. The summed E-state index contributed by atoms with van der Waals surface area (Å²) in [7, 11) is 0. The summed E-state index contributed by atoms with van der Waals surface area (Å²) in [5.41, 5.74) is 1.52. The summed E-state index contributed by atoms with van der Waals surface area (Å²) in [6, 6.07) is 10.5. The molecule has 3 rings (SSSR count). The van der Waals surface area contributed by atoms with Gasteiger partial charge < -0.3 is 4.57 Å². The topological polar surface area (TPSA) is 90.3 Å². The van der Waals surface area contributed by atoms with Gasteiger partial charge in [-0.25, -0.2) is 4.39 Å². The van der Waals surface area contributed by atoms with Crippen LogP contribution >= 0.6 is 0 Å². The molecule has 0 bridgehead atoms. The predicted molar refractivity (Wildman–Crippen MR) is 96.1 cm³/mol. The number of rotatable bonds is 4. The molecule has 28 heavy (non-hydrogen) atoms. The summed E-state index contributed by atoms with van der Waals surface area (Å²) < 4.78 is 15.3. The average Bonchev–Trinajstić information content (AvgIpc) is 3.33. The Morgan fingerprint density at radius 2 is 1.50 bits per heavy atom. The molecule has 7 heteroatoms. The fourth-order valence-electron chi connectivity index (χ4n) is 3.71. The molecule has 0 unspecified atom stereocenters. The van der Waals surface area contributed by atoms with Crippen molar-refractivity contribution < 1.29 is 28.4 Å². The zero-order valence-electron chi connectivity index (χ0n) is 15.8. The van der Waals surface area contributed by atoms with E-state index in [-0.39, 0.29) is 24.0 Å². The highest BCUT2D eigenvalue weighted by Gasteiger charge is 2.44. The fourth-order valence-corrected chi connectivity index (χ4v) is 3.71. The van der Waals surface area contributed by atoms with E-state index in [1.165, 1.54) is 12.1 Å². The number of ketones is 1. The fraction of sp³-hybridized carbons (Fsp3) is 0.381. The molecule has 1 fully saturated rings. The van der Waals surface area contributed by atoms with E-state index in [1.54, 1.807) is 12.1 Å². The molecular formula is C21H22FNO5. The molecule has 0 amide bonds. The Labute approximate surface area is 162 Å². The van der Waals surface area contributed by atoms with Gasteiger partial charge in [0.2, 0.25) is 0 Å². The first-order valence-electron chi connectivity index (χ1n) is 8.84. The van der Waals surface area contributed by atoms with Crippen LogP contribution in [0.2, 0.25) is 0 Å². The lowest BCUT2D eigenvalue weighted by atomic mass is 9.85. The van der Waals surface area contributed by atoms with Gasteiger partial charge in [0.1, 0.15) is 11.4 Å².